The summed E-state index contributed by atoms with van der Waals surface area (Å²) in [6, 6.07) is 9.89. The van der Waals surface area contributed by atoms with Crippen molar-refractivity contribution in [2.75, 3.05) is 13.1 Å². The average Bonchev–Trinajstić information content (AvgIpc) is 2.58. The van der Waals surface area contributed by atoms with Crippen molar-refractivity contribution < 1.29 is 8.78 Å². The fraction of sp³-hybridized carbons (Fsp3) is 0.263. The lowest BCUT2D eigenvalue weighted by atomic mass is 9.90. The highest BCUT2D eigenvalue weighted by Crippen LogP contribution is 2.38. The van der Waals surface area contributed by atoms with Crippen molar-refractivity contribution in [3.05, 3.63) is 65.7 Å². The molecule has 23 heavy (non-hydrogen) atoms. The van der Waals surface area contributed by atoms with E-state index >= 15 is 0 Å². The molecule has 1 saturated heterocycles. The highest BCUT2D eigenvalue weighted by atomic mass is 32.2. The van der Waals surface area contributed by atoms with Crippen LogP contribution in [-0.4, -0.2) is 13.1 Å². The maximum absolute atomic E-state index is 14.2. The SMILES string of the molecule is C=Cc1ccc(Sc2ccc(F)cc2C2CCNCC2)c(F)c1. The van der Waals surface area contributed by atoms with Crippen LogP contribution in [0, 0.1) is 11.6 Å². The van der Waals surface area contributed by atoms with Gasteiger partial charge in [0.25, 0.3) is 0 Å². The molecule has 2 aromatic carbocycles. The van der Waals surface area contributed by atoms with Gasteiger partial charge in [0, 0.05) is 9.79 Å². The first-order valence-electron chi connectivity index (χ1n) is 7.77. The van der Waals surface area contributed by atoms with E-state index in [1.807, 2.05) is 6.07 Å². The Kier molecular flexibility index (Phi) is 5.13. The summed E-state index contributed by atoms with van der Waals surface area (Å²) in [4.78, 5) is 1.49. The molecule has 0 bridgehead atoms. The molecule has 0 aromatic heterocycles. The summed E-state index contributed by atoms with van der Waals surface area (Å²) in [5.41, 5.74) is 1.74. The van der Waals surface area contributed by atoms with E-state index in [1.54, 1.807) is 24.3 Å². The molecule has 0 radical (unpaired) electrons. The van der Waals surface area contributed by atoms with E-state index in [0.717, 1.165) is 42.0 Å². The number of rotatable bonds is 4. The lowest BCUT2D eigenvalue weighted by molar-refractivity contribution is 0.454. The topological polar surface area (TPSA) is 12.0 Å². The first-order valence-corrected chi connectivity index (χ1v) is 8.59. The van der Waals surface area contributed by atoms with Crippen LogP contribution >= 0.6 is 11.8 Å². The molecule has 120 valence electrons. The summed E-state index contributed by atoms with van der Waals surface area (Å²) in [5, 5.41) is 3.32. The Labute approximate surface area is 139 Å². The third-order valence-corrected chi connectivity index (χ3v) is 5.31. The molecular formula is C19H19F2NS. The van der Waals surface area contributed by atoms with Gasteiger partial charge in [0.2, 0.25) is 0 Å². The summed E-state index contributed by atoms with van der Waals surface area (Å²) in [5.74, 6) is -0.177. The minimum Gasteiger partial charge on any atom is -0.317 e. The largest absolute Gasteiger partial charge is 0.317 e. The zero-order valence-corrected chi connectivity index (χ0v) is 13.6. The standard InChI is InChI=1S/C19H19F2NS/c1-2-13-3-5-19(17(21)11-13)23-18-6-4-15(20)12-16(18)14-7-9-22-10-8-14/h2-6,11-12,14,22H,1,7-10H2. The van der Waals surface area contributed by atoms with Crippen LogP contribution in [0.15, 0.2) is 52.8 Å². The van der Waals surface area contributed by atoms with Crippen LogP contribution in [0.2, 0.25) is 0 Å². The smallest absolute Gasteiger partial charge is 0.137 e. The van der Waals surface area contributed by atoms with E-state index in [1.165, 1.54) is 23.9 Å². The van der Waals surface area contributed by atoms with Gasteiger partial charge in [0.1, 0.15) is 11.6 Å². The molecule has 0 amide bonds. The van der Waals surface area contributed by atoms with Crippen LogP contribution in [0.3, 0.4) is 0 Å². The molecule has 0 aliphatic carbocycles. The van der Waals surface area contributed by atoms with Crippen molar-refractivity contribution in [2.45, 2.75) is 28.6 Å². The molecule has 3 rings (SSSR count). The molecule has 1 heterocycles. The number of benzene rings is 2. The fourth-order valence-electron chi connectivity index (χ4n) is 2.91. The molecule has 0 unspecified atom stereocenters. The molecule has 1 aliphatic rings. The highest BCUT2D eigenvalue weighted by molar-refractivity contribution is 7.99. The normalized spacial score (nSPS) is 15.6. The molecule has 0 atom stereocenters. The Bertz CT molecular complexity index is 709. The molecule has 1 fully saturated rings. The van der Waals surface area contributed by atoms with Crippen molar-refractivity contribution in [1.82, 2.24) is 5.32 Å². The fourth-order valence-corrected chi connectivity index (χ4v) is 3.92. The van der Waals surface area contributed by atoms with Gasteiger partial charge in [0.05, 0.1) is 0 Å². The Morgan fingerprint density at radius 1 is 1.04 bits per heavy atom. The quantitative estimate of drug-likeness (QED) is 0.824. The van der Waals surface area contributed by atoms with E-state index in [9.17, 15) is 8.78 Å². The zero-order valence-electron chi connectivity index (χ0n) is 12.8. The molecule has 0 spiro atoms. The first kappa shape index (κ1) is 16.2. The maximum Gasteiger partial charge on any atom is 0.137 e. The summed E-state index contributed by atoms with van der Waals surface area (Å²) in [6.07, 6.45) is 3.58. The van der Waals surface area contributed by atoms with Crippen molar-refractivity contribution in [2.24, 2.45) is 0 Å². The van der Waals surface area contributed by atoms with Gasteiger partial charge in [-0.2, -0.15) is 0 Å². The Balaban J connectivity index is 1.91. The minimum absolute atomic E-state index is 0.231. The van der Waals surface area contributed by atoms with Gasteiger partial charge in [-0.15, -0.1) is 0 Å². The van der Waals surface area contributed by atoms with Crippen molar-refractivity contribution in [3.8, 4) is 0 Å². The number of hydrogen-bond acceptors (Lipinski definition) is 2. The summed E-state index contributed by atoms with van der Waals surface area (Å²) in [7, 11) is 0. The van der Waals surface area contributed by atoms with Gasteiger partial charge in [0.15, 0.2) is 0 Å². The van der Waals surface area contributed by atoms with E-state index in [-0.39, 0.29) is 11.6 Å². The van der Waals surface area contributed by atoms with E-state index in [4.69, 9.17) is 0 Å². The Hall–Kier alpha value is -1.65. The lowest BCUT2D eigenvalue weighted by Gasteiger charge is -2.25. The van der Waals surface area contributed by atoms with Crippen molar-refractivity contribution in [1.29, 1.82) is 0 Å². The van der Waals surface area contributed by atoms with Gasteiger partial charge in [-0.05, 0) is 73.3 Å². The van der Waals surface area contributed by atoms with Crippen LogP contribution in [0.4, 0.5) is 8.78 Å². The molecule has 4 heteroatoms. The number of piperidine rings is 1. The molecule has 0 saturated carbocycles. The minimum atomic E-state index is -0.270. The molecule has 1 nitrogen and oxygen atoms in total. The lowest BCUT2D eigenvalue weighted by Crippen LogP contribution is -2.26. The third kappa shape index (κ3) is 3.82. The van der Waals surface area contributed by atoms with Crippen LogP contribution in [0.25, 0.3) is 6.08 Å². The first-order chi connectivity index (χ1) is 11.2. The predicted octanol–water partition coefficient (Wildman–Crippen LogP) is 5.23. The Morgan fingerprint density at radius 2 is 1.78 bits per heavy atom. The van der Waals surface area contributed by atoms with Crippen molar-refractivity contribution in [3.63, 3.8) is 0 Å². The van der Waals surface area contributed by atoms with Crippen LogP contribution < -0.4 is 5.32 Å². The zero-order chi connectivity index (χ0) is 16.2. The van der Waals surface area contributed by atoms with E-state index in [0.29, 0.717) is 10.8 Å². The van der Waals surface area contributed by atoms with Crippen LogP contribution in [-0.2, 0) is 0 Å². The average molecular weight is 331 g/mol. The molecule has 2 aromatic rings. The highest BCUT2D eigenvalue weighted by Gasteiger charge is 2.20. The van der Waals surface area contributed by atoms with E-state index < -0.39 is 0 Å². The monoisotopic (exact) mass is 331 g/mol. The molecule has 1 N–H and O–H groups in total. The predicted molar refractivity (Wildman–Crippen MR) is 91.9 cm³/mol. The van der Waals surface area contributed by atoms with Crippen LogP contribution in [0.1, 0.15) is 29.9 Å². The number of hydrogen-bond donors (Lipinski definition) is 1. The molecule has 1 aliphatic heterocycles. The third-order valence-electron chi connectivity index (χ3n) is 4.16. The summed E-state index contributed by atoms with van der Waals surface area (Å²) < 4.78 is 27.9. The summed E-state index contributed by atoms with van der Waals surface area (Å²) in [6.45, 7) is 5.53. The number of halogens is 2. The van der Waals surface area contributed by atoms with Crippen molar-refractivity contribution >= 4 is 17.8 Å². The van der Waals surface area contributed by atoms with Gasteiger partial charge in [-0.1, -0.05) is 30.5 Å². The second kappa shape index (κ2) is 7.28. The van der Waals surface area contributed by atoms with Crippen LogP contribution in [0.5, 0.6) is 0 Å². The second-order valence-corrected chi connectivity index (χ2v) is 6.79. The van der Waals surface area contributed by atoms with Gasteiger partial charge < -0.3 is 5.32 Å². The van der Waals surface area contributed by atoms with E-state index in [2.05, 4.69) is 11.9 Å². The second-order valence-electron chi connectivity index (χ2n) is 5.70. The maximum atomic E-state index is 14.2. The number of nitrogens with one attached hydrogen (secondary N) is 1. The van der Waals surface area contributed by atoms with Gasteiger partial charge in [-0.25, -0.2) is 8.78 Å². The Morgan fingerprint density at radius 3 is 2.48 bits per heavy atom. The summed E-state index contributed by atoms with van der Waals surface area (Å²) >= 11 is 1.37. The molecular weight excluding hydrogens is 312 g/mol. The van der Waals surface area contributed by atoms with Gasteiger partial charge in [-0.3, -0.25) is 0 Å². The van der Waals surface area contributed by atoms with Gasteiger partial charge >= 0.3 is 0 Å².